The van der Waals surface area contributed by atoms with E-state index in [9.17, 15) is 4.79 Å². The topological polar surface area (TPSA) is 64.9 Å². The highest BCUT2D eigenvalue weighted by Crippen LogP contribution is 2.08. The zero-order chi connectivity index (χ0) is 9.52. The highest BCUT2D eigenvalue weighted by Gasteiger charge is 2.10. The van der Waals surface area contributed by atoms with Crippen molar-refractivity contribution in [2.75, 3.05) is 13.1 Å². The molecule has 0 atom stereocenters. The SMILES string of the molecule is N#CCNC(=O)CNC1CC=CC1. The minimum Gasteiger partial charge on any atom is -0.342 e. The van der Waals surface area contributed by atoms with Gasteiger partial charge in [0.25, 0.3) is 0 Å². The van der Waals surface area contributed by atoms with Gasteiger partial charge in [-0.15, -0.1) is 0 Å². The van der Waals surface area contributed by atoms with Gasteiger partial charge in [-0.05, 0) is 12.8 Å². The van der Waals surface area contributed by atoms with Gasteiger partial charge in [-0.1, -0.05) is 12.2 Å². The second-order valence-corrected chi connectivity index (χ2v) is 2.96. The second kappa shape index (κ2) is 5.33. The van der Waals surface area contributed by atoms with Crippen LogP contribution in [-0.4, -0.2) is 25.0 Å². The predicted octanol–water partition coefficient (Wildman–Crippen LogP) is -0.0656. The predicted molar refractivity (Wildman–Crippen MR) is 48.8 cm³/mol. The molecule has 2 N–H and O–H groups in total. The fourth-order valence-corrected chi connectivity index (χ4v) is 1.22. The van der Waals surface area contributed by atoms with Crippen molar-refractivity contribution < 1.29 is 4.79 Å². The fourth-order valence-electron chi connectivity index (χ4n) is 1.22. The number of nitriles is 1. The third-order valence-electron chi connectivity index (χ3n) is 1.92. The zero-order valence-electron chi connectivity index (χ0n) is 7.42. The first-order valence-electron chi connectivity index (χ1n) is 4.35. The van der Waals surface area contributed by atoms with Gasteiger partial charge in [0.05, 0.1) is 12.6 Å². The number of amides is 1. The van der Waals surface area contributed by atoms with Gasteiger partial charge in [0.15, 0.2) is 0 Å². The van der Waals surface area contributed by atoms with Crippen LogP contribution in [0.15, 0.2) is 12.2 Å². The number of hydrogen-bond donors (Lipinski definition) is 2. The van der Waals surface area contributed by atoms with E-state index in [2.05, 4.69) is 22.8 Å². The molecule has 4 heteroatoms. The van der Waals surface area contributed by atoms with Crippen molar-refractivity contribution >= 4 is 5.91 Å². The maximum atomic E-state index is 11.0. The number of nitrogens with zero attached hydrogens (tertiary/aromatic N) is 1. The van der Waals surface area contributed by atoms with Gasteiger partial charge < -0.3 is 10.6 Å². The molecule has 0 aromatic carbocycles. The summed E-state index contributed by atoms with van der Waals surface area (Å²) in [5.74, 6) is -0.117. The van der Waals surface area contributed by atoms with Crippen LogP contribution in [0.2, 0.25) is 0 Å². The Morgan fingerprint density at radius 2 is 2.23 bits per heavy atom. The van der Waals surface area contributed by atoms with Crippen LogP contribution in [0.5, 0.6) is 0 Å². The maximum Gasteiger partial charge on any atom is 0.234 e. The summed E-state index contributed by atoms with van der Waals surface area (Å²) in [6.45, 7) is 0.386. The van der Waals surface area contributed by atoms with E-state index in [1.807, 2.05) is 6.07 Å². The van der Waals surface area contributed by atoms with E-state index in [-0.39, 0.29) is 12.5 Å². The molecule has 1 aliphatic carbocycles. The van der Waals surface area contributed by atoms with E-state index in [1.165, 1.54) is 0 Å². The Hall–Kier alpha value is -1.34. The lowest BCUT2D eigenvalue weighted by atomic mass is 10.2. The van der Waals surface area contributed by atoms with E-state index < -0.39 is 0 Å². The van der Waals surface area contributed by atoms with Crippen molar-refractivity contribution in [2.24, 2.45) is 0 Å². The zero-order valence-corrected chi connectivity index (χ0v) is 7.42. The summed E-state index contributed by atoms with van der Waals surface area (Å²) in [5, 5.41) is 13.8. The summed E-state index contributed by atoms with van der Waals surface area (Å²) < 4.78 is 0. The van der Waals surface area contributed by atoms with Crippen molar-refractivity contribution in [3.8, 4) is 6.07 Å². The van der Waals surface area contributed by atoms with Gasteiger partial charge in [0.2, 0.25) is 5.91 Å². The van der Waals surface area contributed by atoms with E-state index >= 15 is 0 Å². The first-order valence-corrected chi connectivity index (χ1v) is 4.35. The molecule has 0 saturated carbocycles. The molecule has 4 nitrogen and oxygen atoms in total. The van der Waals surface area contributed by atoms with Gasteiger partial charge >= 0.3 is 0 Å². The lowest BCUT2D eigenvalue weighted by Gasteiger charge is -2.10. The molecule has 1 rings (SSSR count). The maximum absolute atomic E-state index is 11.0. The summed E-state index contributed by atoms with van der Waals surface area (Å²) in [5.41, 5.74) is 0. The Kier molecular flexibility index (Phi) is 4.00. The van der Waals surface area contributed by atoms with Crippen LogP contribution in [0.4, 0.5) is 0 Å². The van der Waals surface area contributed by atoms with Crippen LogP contribution in [-0.2, 0) is 4.79 Å². The van der Waals surface area contributed by atoms with E-state index in [1.54, 1.807) is 0 Å². The lowest BCUT2D eigenvalue weighted by Crippen LogP contribution is -2.38. The molecule has 1 amide bonds. The molecule has 0 saturated heterocycles. The summed E-state index contributed by atoms with van der Waals surface area (Å²) in [4.78, 5) is 11.0. The lowest BCUT2D eigenvalue weighted by molar-refractivity contribution is -0.120. The molecule has 0 fully saturated rings. The molecule has 1 aliphatic rings. The molecule has 70 valence electrons. The quantitative estimate of drug-likeness (QED) is 0.469. The molecular weight excluding hydrogens is 166 g/mol. The van der Waals surface area contributed by atoms with Crippen molar-refractivity contribution in [2.45, 2.75) is 18.9 Å². The highest BCUT2D eigenvalue weighted by molar-refractivity contribution is 5.78. The number of carbonyl (C=O) groups excluding carboxylic acids is 1. The van der Waals surface area contributed by atoms with Gasteiger partial charge in [0, 0.05) is 6.04 Å². The molecule has 13 heavy (non-hydrogen) atoms. The van der Waals surface area contributed by atoms with Crippen LogP contribution < -0.4 is 10.6 Å². The Morgan fingerprint density at radius 3 is 2.85 bits per heavy atom. The van der Waals surface area contributed by atoms with Gasteiger partial charge in [-0.2, -0.15) is 5.26 Å². The minimum atomic E-state index is -0.117. The third-order valence-corrected chi connectivity index (χ3v) is 1.92. The summed E-state index contributed by atoms with van der Waals surface area (Å²) in [6.07, 6.45) is 6.19. The van der Waals surface area contributed by atoms with Gasteiger partial charge in [-0.25, -0.2) is 0 Å². The minimum absolute atomic E-state index is 0.0867. The van der Waals surface area contributed by atoms with Crippen molar-refractivity contribution in [3.05, 3.63) is 12.2 Å². The molecule has 0 heterocycles. The van der Waals surface area contributed by atoms with Gasteiger partial charge in [0.1, 0.15) is 6.54 Å². The smallest absolute Gasteiger partial charge is 0.234 e. The van der Waals surface area contributed by atoms with Crippen molar-refractivity contribution in [1.29, 1.82) is 5.26 Å². The molecule has 0 unspecified atom stereocenters. The molecule has 0 spiro atoms. The van der Waals surface area contributed by atoms with E-state index in [4.69, 9.17) is 5.26 Å². The third kappa shape index (κ3) is 3.72. The summed E-state index contributed by atoms with van der Waals surface area (Å²) >= 11 is 0. The second-order valence-electron chi connectivity index (χ2n) is 2.96. The summed E-state index contributed by atoms with van der Waals surface area (Å²) in [7, 11) is 0. The largest absolute Gasteiger partial charge is 0.342 e. The first kappa shape index (κ1) is 9.75. The first-order chi connectivity index (χ1) is 6.33. The molecule has 0 aromatic heterocycles. The van der Waals surface area contributed by atoms with Crippen LogP contribution in [0, 0.1) is 11.3 Å². The number of carbonyl (C=O) groups is 1. The molecule has 0 aromatic rings. The number of nitrogens with one attached hydrogen (secondary N) is 2. The van der Waals surface area contributed by atoms with Crippen molar-refractivity contribution in [3.63, 3.8) is 0 Å². The van der Waals surface area contributed by atoms with Crippen molar-refractivity contribution in [1.82, 2.24) is 10.6 Å². The number of rotatable bonds is 4. The van der Waals surface area contributed by atoms with Crippen LogP contribution in [0.25, 0.3) is 0 Å². The molecule has 0 bridgehead atoms. The standard InChI is InChI=1S/C9H13N3O/c10-5-6-11-9(13)7-12-8-3-1-2-4-8/h1-2,8,12H,3-4,6-7H2,(H,11,13). The Balaban J connectivity index is 2.05. The van der Waals surface area contributed by atoms with E-state index in [0.29, 0.717) is 12.6 Å². The Morgan fingerprint density at radius 1 is 1.54 bits per heavy atom. The average molecular weight is 179 g/mol. The molecule has 0 radical (unpaired) electrons. The molecule has 0 aliphatic heterocycles. The average Bonchev–Trinajstić information content (AvgIpc) is 2.64. The number of hydrogen-bond acceptors (Lipinski definition) is 3. The summed E-state index contributed by atoms with van der Waals surface area (Å²) in [6, 6.07) is 2.25. The monoisotopic (exact) mass is 179 g/mol. The normalized spacial score (nSPS) is 15.6. The van der Waals surface area contributed by atoms with Gasteiger partial charge in [-0.3, -0.25) is 4.79 Å². The Bertz CT molecular complexity index is 234. The highest BCUT2D eigenvalue weighted by atomic mass is 16.1. The van der Waals surface area contributed by atoms with Crippen LogP contribution >= 0.6 is 0 Å². The fraction of sp³-hybridized carbons (Fsp3) is 0.556. The van der Waals surface area contributed by atoms with Crippen LogP contribution in [0.3, 0.4) is 0 Å². The van der Waals surface area contributed by atoms with E-state index in [0.717, 1.165) is 12.8 Å². The van der Waals surface area contributed by atoms with Crippen LogP contribution in [0.1, 0.15) is 12.8 Å². The molecular formula is C9H13N3O. The Labute approximate surface area is 77.6 Å².